The first-order chi connectivity index (χ1) is 26.1. The van der Waals surface area contributed by atoms with Crippen LogP contribution in [0.3, 0.4) is 0 Å². The van der Waals surface area contributed by atoms with Crippen molar-refractivity contribution in [3.8, 4) is 17.0 Å². The lowest BCUT2D eigenvalue weighted by Crippen LogP contribution is -2.65. The molecule has 1 aliphatic rings. The van der Waals surface area contributed by atoms with Crippen molar-refractivity contribution in [3.63, 3.8) is 0 Å². The molecule has 3 aromatic carbocycles. The number of halogens is 6. The maximum Gasteiger partial charge on any atom is 0.418 e. The zero-order valence-electron chi connectivity index (χ0n) is 29.8. The number of hydrogen-bond acceptors (Lipinski definition) is 6. The molecule has 55 heavy (non-hydrogen) atoms. The number of aromatic nitrogens is 2. The number of thiazole rings is 1. The average Bonchev–Trinajstić information content (AvgIpc) is 3.78. The van der Waals surface area contributed by atoms with E-state index in [2.05, 4.69) is 43.5 Å². The molecule has 2 heterocycles. The fourth-order valence-corrected chi connectivity index (χ4v) is 9.04. The van der Waals surface area contributed by atoms with Gasteiger partial charge in [0.05, 0.1) is 36.3 Å². The molecule has 0 bridgehead atoms. The number of amides is 3. The van der Waals surface area contributed by atoms with E-state index in [0.717, 1.165) is 11.6 Å². The maximum atomic E-state index is 14.8. The van der Waals surface area contributed by atoms with Crippen LogP contribution >= 0.6 is 56.5 Å². The summed E-state index contributed by atoms with van der Waals surface area (Å²) in [5, 5.41) is 11.6. The number of fused-ring (bicyclic) bond motifs is 3. The molecule has 3 amide bonds. The number of aryl methyl sites for hydroxylation is 1. The molecule has 5 atom stereocenters. The van der Waals surface area contributed by atoms with Crippen LogP contribution < -0.4 is 20.7 Å². The molecule has 0 aliphatic heterocycles. The van der Waals surface area contributed by atoms with Crippen LogP contribution in [0.25, 0.3) is 22.2 Å². The minimum absolute atomic E-state index is 0.0502. The smallest absolute Gasteiger partial charge is 0.418 e. The van der Waals surface area contributed by atoms with Crippen molar-refractivity contribution in [2.24, 2.45) is 0 Å². The van der Waals surface area contributed by atoms with Crippen LogP contribution in [-0.4, -0.2) is 54.2 Å². The molecule has 9 nitrogen and oxygen atoms in total. The van der Waals surface area contributed by atoms with Crippen molar-refractivity contribution in [2.75, 3.05) is 7.11 Å². The number of nitrogens with one attached hydrogen (secondary N) is 4. The van der Waals surface area contributed by atoms with Crippen LogP contribution in [0.5, 0.6) is 5.75 Å². The van der Waals surface area contributed by atoms with Gasteiger partial charge in [-0.25, -0.2) is 9.37 Å². The Bertz CT molecular complexity index is 2210. The first-order valence-corrected chi connectivity index (χ1v) is 20.7. The van der Waals surface area contributed by atoms with Gasteiger partial charge in [-0.05, 0) is 60.4 Å². The molecule has 0 saturated heterocycles. The second-order valence-corrected chi connectivity index (χ2v) is 18.3. The molecule has 4 N–H and O–H groups in total. The van der Waals surface area contributed by atoms with Crippen molar-refractivity contribution in [1.82, 2.24) is 25.9 Å². The summed E-state index contributed by atoms with van der Waals surface area (Å²) in [6.45, 7) is 3.64. The molecule has 0 saturated carbocycles. The fraction of sp³-hybridized carbons (Fsp3) is 0.333. The number of hydrogen-bond donors (Lipinski definition) is 4. The average molecular weight is 1000 g/mol. The summed E-state index contributed by atoms with van der Waals surface area (Å²) < 4.78 is 61.2. The van der Waals surface area contributed by atoms with E-state index in [1.54, 1.807) is 26.2 Å². The number of H-pyrrole nitrogens is 1. The summed E-state index contributed by atoms with van der Waals surface area (Å²) in [5.41, 5.74) is 0.196. The number of methoxy groups -OCH3 is 1. The second-order valence-electron chi connectivity index (χ2n) is 13.5. The Kier molecular flexibility index (Phi) is 12.4. The van der Waals surface area contributed by atoms with Crippen LogP contribution in [0.15, 0.2) is 72.1 Å². The van der Waals surface area contributed by atoms with E-state index in [9.17, 15) is 31.9 Å². The Balaban J connectivity index is 1.34. The molecule has 6 rings (SSSR count). The lowest BCUT2D eigenvalue weighted by molar-refractivity contribution is -0.136. The van der Waals surface area contributed by atoms with Crippen LogP contribution in [0.2, 0.25) is 0 Å². The van der Waals surface area contributed by atoms with Gasteiger partial charge in [0.2, 0.25) is 17.7 Å². The van der Waals surface area contributed by atoms with Gasteiger partial charge in [0.1, 0.15) is 28.2 Å². The van der Waals surface area contributed by atoms with E-state index in [-0.39, 0.29) is 40.7 Å². The summed E-state index contributed by atoms with van der Waals surface area (Å²) in [7, 11) is 1.58. The molecule has 16 heteroatoms. The number of aromatic amines is 1. The predicted octanol–water partition coefficient (Wildman–Crippen LogP) is 8.03. The number of para-hydroxylation sites is 1. The Hall–Kier alpha value is -3.78. The molecular formula is C39H37F4I2N5O4S. The van der Waals surface area contributed by atoms with Gasteiger partial charge < -0.3 is 25.7 Å². The molecule has 0 fully saturated rings. The molecule has 0 unspecified atom stereocenters. The van der Waals surface area contributed by atoms with E-state index in [1.807, 2.05) is 59.2 Å². The van der Waals surface area contributed by atoms with Gasteiger partial charge in [-0.3, -0.25) is 14.4 Å². The third kappa shape index (κ3) is 8.95. The number of alkyl halides is 5. The van der Waals surface area contributed by atoms with Crippen molar-refractivity contribution >= 4 is 85.1 Å². The van der Waals surface area contributed by atoms with Crippen molar-refractivity contribution in [2.45, 2.75) is 71.2 Å². The zero-order valence-corrected chi connectivity index (χ0v) is 35.0. The summed E-state index contributed by atoms with van der Waals surface area (Å²) in [6.07, 6.45) is -4.85. The standard InChI is InChI=1S/C39H37F4I2N5O4S/c1-20(44)32(48-31(51)17-23-7-4-5-10-28(23)40)35(52)50-38(16-15-29-26(18-38)25-8-6-9-27(34(25)46-29)39(41,42)43)37(53)49-33(21(2)45)36-47-30(19-55-36)22-11-13-24(54-3)14-12-22/h4-14,19-21,32-33,46H,15-18H2,1-3H3,(H,48,51)(H,49,53)(H,50,52)/t20-,21-,32+,33+,38-/m1/s1. The predicted molar refractivity (Wildman–Crippen MR) is 220 cm³/mol. The summed E-state index contributed by atoms with van der Waals surface area (Å²) in [4.78, 5) is 50.0. The number of nitrogens with zero attached hydrogens (tertiary/aromatic N) is 1. The highest BCUT2D eigenvalue weighted by molar-refractivity contribution is 14.1. The van der Waals surface area contributed by atoms with Gasteiger partial charge in [0.25, 0.3) is 0 Å². The first-order valence-electron chi connectivity index (χ1n) is 17.3. The van der Waals surface area contributed by atoms with Crippen molar-refractivity contribution in [3.05, 3.63) is 105 Å². The topological polar surface area (TPSA) is 125 Å². The van der Waals surface area contributed by atoms with E-state index in [1.165, 1.54) is 35.6 Å². The second kappa shape index (κ2) is 16.8. The molecule has 2 aromatic heterocycles. The number of rotatable bonds is 12. The van der Waals surface area contributed by atoms with E-state index in [4.69, 9.17) is 9.72 Å². The third-order valence-corrected chi connectivity index (χ3v) is 12.1. The molecular weight excluding hydrogens is 964 g/mol. The van der Waals surface area contributed by atoms with Crippen molar-refractivity contribution < 1.29 is 36.7 Å². The van der Waals surface area contributed by atoms with Gasteiger partial charge in [-0.15, -0.1) is 11.3 Å². The summed E-state index contributed by atoms with van der Waals surface area (Å²) in [6, 6.07) is 15.4. The van der Waals surface area contributed by atoms with Crippen LogP contribution in [0.4, 0.5) is 17.6 Å². The van der Waals surface area contributed by atoms with Gasteiger partial charge in [0.15, 0.2) is 0 Å². The van der Waals surface area contributed by atoms with E-state index >= 15 is 0 Å². The minimum Gasteiger partial charge on any atom is -0.497 e. The summed E-state index contributed by atoms with van der Waals surface area (Å²) >= 11 is 5.57. The molecule has 0 spiro atoms. The molecule has 0 radical (unpaired) electrons. The summed E-state index contributed by atoms with van der Waals surface area (Å²) in [5.74, 6) is -1.65. The Morgan fingerprint density at radius 1 is 1.00 bits per heavy atom. The van der Waals surface area contributed by atoms with Crippen LogP contribution in [0.1, 0.15) is 53.7 Å². The highest BCUT2D eigenvalue weighted by Crippen LogP contribution is 2.41. The monoisotopic (exact) mass is 1000 g/mol. The van der Waals surface area contributed by atoms with Crippen LogP contribution in [-0.2, 0) is 39.8 Å². The Morgan fingerprint density at radius 2 is 1.73 bits per heavy atom. The SMILES string of the molecule is COc1ccc(-c2csc([C@@H](NC(=O)[C@@]3(NC(=O)[C@@H](NC(=O)Cc4ccccc4F)[C@@H](C)I)CCc4[nH]c5c(C(F)(F)F)cccc5c4C3)[C@@H](C)I)n2)cc1. The van der Waals surface area contributed by atoms with Crippen molar-refractivity contribution in [1.29, 1.82) is 0 Å². The quantitative estimate of drug-likeness (QED) is 0.0573. The number of carbonyl (C=O) groups is 3. The molecule has 5 aromatic rings. The number of benzene rings is 3. The zero-order chi connectivity index (χ0) is 39.7. The normalized spacial score (nSPS) is 17.8. The highest BCUT2D eigenvalue weighted by atomic mass is 127. The Labute approximate surface area is 346 Å². The van der Waals surface area contributed by atoms with E-state index < -0.39 is 56.8 Å². The van der Waals surface area contributed by atoms with E-state index in [0.29, 0.717) is 33.1 Å². The maximum absolute atomic E-state index is 14.8. The lowest BCUT2D eigenvalue weighted by atomic mass is 9.78. The number of carbonyl (C=O) groups excluding carboxylic acids is 3. The molecule has 290 valence electrons. The first kappa shape index (κ1) is 40.9. The molecule has 1 aliphatic carbocycles. The van der Waals surface area contributed by atoms with Gasteiger partial charge in [-0.1, -0.05) is 89.4 Å². The van der Waals surface area contributed by atoms with Gasteiger partial charge in [0, 0.05) is 36.3 Å². The lowest BCUT2D eigenvalue weighted by Gasteiger charge is -2.39. The highest BCUT2D eigenvalue weighted by Gasteiger charge is 2.47. The Morgan fingerprint density at radius 3 is 2.38 bits per heavy atom. The van der Waals surface area contributed by atoms with Gasteiger partial charge >= 0.3 is 6.18 Å². The minimum atomic E-state index is -4.62. The third-order valence-electron chi connectivity index (χ3n) is 9.70. The fourth-order valence-electron chi connectivity index (χ4n) is 6.78. The largest absolute Gasteiger partial charge is 0.497 e. The number of ether oxygens (including phenoxy) is 1. The van der Waals surface area contributed by atoms with Crippen LogP contribution in [0, 0.1) is 5.82 Å². The van der Waals surface area contributed by atoms with Gasteiger partial charge in [-0.2, -0.15) is 13.2 Å².